The van der Waals surface area contributed by atoms with Crippen LogP contribution < -0.4 is 14.8 Å². The molecule has 112 valence electrons. The lowest BCUT2D eigenvalue weighted by molar-refractivity contribution is 0.0552. The van der Waals surface area contributed by atoms with E-state index in [4.69, 9.17) is 14.2 Å². The Kier molecular flexibility index (Phi) is 5.68. The van der Waals surface area contributed by atoms with E-state index in [0.29, 0.717) is 25.9 Å². The molecule has 0 spiro atoms. The van der Waals surface area contributed by atoms with Crippen molar-refractivity contribution < 1.29 is 14.2 Å². The maximum Gasteiger partial charge on any atom is 0.127 e. The first kappa shape index (κ1) is 15.1. The molecule has 0 aliphatic carbocycles. The normalized spacial score (nSPS) is 17.1. The van der Waals surface area contributed by atoms with Crippen molar-refractivity contribution in [1.82, 2.24) is 5.32 Å². The number of rotatable bonds is 8. The summed E-state index contributed by atoms with van der Waals surface area (Å²) in [5, 5.41) is 3.49. The van der Waals surface area contributed by atoms with Crippen molar-refractivity contribution >= 4 is 0 Å². The Morgan fingerprint density at radius 1 is 1.35 bits per heavy atom. The number of benzene rings is 1. The van der Waals surface area contributed by atoms with Gasteiger partial charge in [-0.1, -0.05) is 6.92 Å². The molecule has 0 amide bonds. The van der Waals surface area contributed by atoms with Gasteiger partial charge in [0, 0.05) is 11.6 Å². The fourth-order valence-corrected chi connectivity index (χ4v) is 2.21. The van der Waals surface area contributed by atoms with Gasteiger partial charge in [0.2, 0.25) is 0 Å². The van der Waals surface area contributed by atoms with Crippen molar-refractivity contribution in [1.29, 1.82) is 0 Å². The molecule has 1 N–H and O–H groups in total. The van der Waals surface area contributed by atoms with E-state index in [-0.39, 0.29) is 6.10 Å². The summed E-state index contributed by atoms with van der Waals surface area (Å²) in [5.41, 5.74) is 1.23. The third-order valence-corrected chi connectivity index (χ3v) is 3.21. The van der Waals surface area contributed by atoms with E-state index in [0.717, 1.165) is 24.5 Å². The average Bonchev–Trinajstić information content (AvgIpc) is 2.83. The Labute approximate surface area is 121 Å². The smallest absolute Gasteiger partial charge is 0.127 e. The molecule has 0 aromatic heterocycles. The molecule has 0 bridgehead atoms. The lowest BCUT2D eigenvalue weighted by Crippen LogP contribution is -2.22. The number of fused-ring (bicyclic) bond motifs is 1. The number of hydrogen-bond acceptors (Lipinski definition) is 4. The van der Waals surface area contributed by atoms with Crippen molar-refractivity contribution in [2.24, 2.45) is 0 Å². The molecule has 1 aromatic carbocycles. The van der Waals surface area contributed by atoms with Crippen LogP contribution in [-0.2, 0) is 4.74 Å². The molecule has 20 heavy (non-hydrogen) atoms. The fourth-order valence-electron chi connectivity index (χ4n) is 2.21. The van der Waals surface area contributed by atoms with Crippen molar-refractivity contribution in [3.05, 3.63) is 23.8 Å². The first-order chi connectivity index (χ1) is 9.70. The maximum atomic E-state index is 5.72. The second-order valence-corrected chi connectivity index (χ2v) is 5.29. The fraction of sp³-hybridized carbons (Fsp3) is 0.625. The Morgan fingerprint density at radius 2 is 2.20 bits per heavy atom. The van der Waals surface area contributed by atoms with Crippen LogP contribution in [0.3, 0.4) is 0 Å². The molecule has 1 atom stereocenters. The summed E-state index contributed by atoms with van der Waals surface area (Å²) >= 11 is 0. The minimum absolute atomic E-state index is 0.243. The highest BCUT2D eigenvalue weighted by Gasteiger charge is 2.23. The molecular weight excluding hydrogens is 254 g/mol. The molecule has 0 fully saturated rings. The lowest BCUT2D eigenvalue weighted by Gasteiger charge is -2.11. The van der Waals surface area contributed by atoms with Gasteiger partial charge in [-0.2, -0.15) is 0 Å². The van der Waals surface area contributed by atoms with Gasteiger partial charge in [-0.15, -0.1) is 0 Å². The Balaban J connectivity index is 1.86. The van der Waals surface area contributed by atoms with E-state index in [1.165, 1.54) is 5.56 Å². The van der Waals surface area contributed by atoms with Gasteiger partial charge in [0.1, 0.15) is 24.7 Å². The van der Waals surface area contributed by atoms with Crippen LogP contribution in [0.2, 0.25) is 0 Å². The molecule has 0 saturated heterocycles. The van der Waals surface area contributed by atoms with E-state index >= 15 is 0 Å². The number of nitrogens with one attached hydrogen (secondary N) is 1. The second kappa shape index (κ2) is 7.50. The summed E-state index contributed by atoms with van der Waals surface area (Å²) in [7, 11) is 0. The van der Waals surface area contributed by atoms with E-state index in [9.17, 15) is 0 Å². The molecule has 1 aromatic rings. The van der Waals surface area contributed by atoms with E-state index in [1.54, 1.807) is 0 Å². The molecule has 2 rings (SSSR count). The highest BCUT2D eigenvalue weighted by molar-refractivity contribution is 5.45. The monoisotopic (exact) mass is 279 g/mol. The minimum atomic E-state index is 0.243. The highest BCUT2D eigenvalue weighted by atomic mass is 16.5. The summed E-state index contributed by atoms with van der Waals surface area (Å²) in [6, 6.07) is 6.37. The van der Waals surface area contributed by atoms with E-state index in [2.05, 4.69) is 18.3 Å². The molecular formula is C16H25NO3. The molecule has 1 unspecified atom stereocenters. The summed E-state index contributed by atoms with van der Waals surface area (Å²) in [5.74, 6) is 1.77. The standard InChI is InChI=1S/C16H25NO3/c1-4-7-17-15-11-20-16-10-13(5-6-14(15)16)19-9-8-18-12(2)3/h5-6,10,12,15,17H,4,7-9,11H2,1-3H3. The first-order valence-electron chi connectivity index (χ1n) is 7.45. The molecule has 0 radical (unpaired) electrons. The first-order valence-corrected chi connectivity index (χ1v) is 7.45. The quantitative estimate of drug-likeness (QED) is 0.743. The van der Waals surface area contributed by atoms with Gasteiger partial charge in [0.15, 0.2) is 0 Å². The number of hydrogen-bond donors (Lipinski definition) is 1. The third kappa shape index (κ3) is 4.12. The zero-order valence-electron chi connectivity index (χ0n) is 12.6. The van der Waals surface area contributed by atoms with Crippen LogP contribution in [0, 0.1) is 0 Å². The molecule has 4 nitrogen and oxygen atoms in total. The van der Waals surface area contributed by atoms with Gasteiger partial charge in [-0.25, -0.2) is 0 Å². The molecule has 1 aliphatic rings. The lowest BCUT2D eigenvalue weighted by atomic mass is 10.1. The van der Waals surface area contributed by atoms with Crippen LogP contribution in [0.15, 0.2) is 18.2 Å². The minimum Gasteiger partial charge on any atom is -0.491 e. The molecule has 0 saturated carbocycles. The molecule has 1 aliphatic heterocycles. The second-order valence-electron chi connectivity index (χ2n) is 5.29. The van der Waals surface area contributed by atoms with Gasteiger partial charge in [-0.05, 0) is 38.9 Å². The summed E-state index contributed by atoms with van der Waals surface area (Å²) < 4.78 is 16.8. The van der Waals surface area contributed by atoms with Gasteiger partial charge in [0.25, 0.3) is 0 Å². The van der Waals surface area contributed by atoms with Gasteiger partial charge in [0.05, 0.1) is 18.8 Å². The van der Waals surface area contributed by atoms with Crippen molar-refractivity contribution in [3.8, 4) is 11.5 Å². The Hall–Kier alpha value is -1.26. The van der Waals surface area contributed by atoms with Gasteiger partial charge < -0.3 is 19.5 Å². The van der Waals surface area contributed by atoms with Gasteiger partial charge >= 0.3 is 0 Å². The largest absolute Gasteiger partial charge is 0.491 e. The molecule has 1 heterocycles. The van der Waals surface area contributed by atoms with Crippen LogP contribution >= 0.6 is 0 Å². The average molecular weight is 279 g/mol. The van der Waals surface area contributed by atoms with E-state index < -0.39 is 0 Å². The zero-order valence-corrected chi connectivity index (χ0v) is 12.6. The van der Waals surface area contributed by atoms with Crippen LogP contribution in [0.1, 0.15) is 38.8 Å². The number of ether oxygens (including phenoxy) is 3. The summed E-state index contributed by atoms with van der Waals surface area (Å²) in [6.45, 7) is 9.09. The van der Waals surface area contributed by atoms with Crippen molar-refractivity contribution in [3.63, 3.8) is 0 Å². The van der Waals surface area contributed by atoms with Crippen molar-refractivity contribution in [2.45, 2.75) is 39.3 Å². The maximum absolute atomic E-state index is 5.72. The summed E-state index contributed by atoms with van der Waals surface area (Å²) in [6.07, 6.45) is 1.37. The SMILES string of the molecule is CCCNC1COc2cc(OCCOC(C)C)ccc21. The van der Waals surface area contributed by atoms with Crippen LogP contribution in [-0.4, -0.2) is 32.5 Å². The van der Waals surface area contributed by atoms with Crippen molar-refractivity contribution in [2.75, 3.05) is 26.4 Å². The predicted molar refractivity (Wildman–Crippen MR) is 79.6 cm³/mol. The topological polar surface area (TPSA) is 39.7 Å². The predicted octanol–water partition coefficient (Wildman–Crippen LogP) is 2.92. The Morgan fingerprint density at radius 3 is 2.95 bits per heavy atom. The third-order valence-electron chi connectivity index (χ3n) is 3.21. The molecule has 4 heteroatoms. The van der Waals surface area contributed by atoms with Crippen LogP contribution in [0.5, 0.6) is 11.5 Å². The van der Waals surface area contributed by atoms with Crippen LogP contribution in [0.4, 0.5) is 0 Å². The summed E-state index contributed by atoms with van der Waals surface area (Å²) in [4.78, 5) is 0. The highest BCUT2D eigenvalue weighted by Crippen LogP contribution is 2.35. The zero-order chi connectivity index (χ0) is 14.4. The van der Waals surface area contributed by atoms with E-state index in [1.807, 2.05) is 26.0 Å². The van der Waals surface area contributed by atoms with Gasteiger partial charge in [-0.3, -0.25) is 0 Å². The Bertz CT molecular complexity index is 420. The van der Waals surface area contributed by atoms with Crippen LogP contribution in [0.25, 0.3) is 0 Å².